The normalized spacial score (nSPS) is 13.2. The van der Waals surface area contributed by atoms with E-state index in [-0.39, 0.29) is 5.91 Å². The van der Waals surface area contributed by atoms with Crippen LogP contribution in [-0.2, 0) is 4.74 Å². The largest absolute Gasteiger partial charge is 0.378 e. The van der Waals surface area contributed by atoms with Gasteiger partial charge in [-0.1, -0.05) is 6.07 Å². The molecule has 0 aliphatic carbocycles. The number of nitrogens with zero attached hydrogens (tertiary/aromatic N) is 4. The summed E-state index contributed by atoms with van der Waals surface area (Å²) in [4.78, 5) is 28.5. The van der Waals surface area contributed by atoms with Crippen molar-refractivity contribution < 1.29 is 9.53 Å². The molecule has 9 nitrogen and oxygen atoms in total. The molecule has 0 unspecified atom stereocenters. The smallest absolute Gasteiger partial charge is 0.256 e. The van der Waals surface area contributed by atoms with Crippen LogP contribution in [-0.4, -0.2) is 47.2 Å². The number of hydrogen-bond acceptors (Lipinski definition) is 8. The number of nitrogens with one attached hydrogen (secondary N) is 3. The number of benzene rings is 2. The van der Waals surface area contributed by atoms with Crippen molar-refractivity contribution in [2.45, 2.75) is 6.92 Å². The van der Waals surface area contributed by atoms with Gasteiger partial charge in [-0.25, -0.2) is 4.98 Å². The minimum Gasteiger partial charge on any atom is -0.378 e. The van der Waals surface area contributed by atoms with Gasteiger partial charge in [0.25, 0.3) is 5.91 Å². The van der Waals surface area contributed by atoms with Crippen LogP contribution in [0.5, 0.6) is 0 Å². The molecule has 0 radical (unpaired) electrons. The number of aromatic nitrogens is 3. The minimum absolute atomic E-state index is 0.240. The maximum Gasteiger partial charge on any atom is 0.256 e. The average molecular weight is 532 g/mol. The van der Waals surface area contributed by atoms with Gasteiger partial charge >= 0.3 is 0 Å². The first-order valence-electron chi connectivity index (χ1n) is 13.2. The SMILES string of the molecule is Cc1cc(Nc2ccc(NC(=O)c3cccc(Nc4ccnc5ccc(N6CCOCC6)cc45)c3)nc2)ccn1. The molecule has 6 rings (SSSR count). The molecule has 0 bridgehead atoms. The summed E-state index contributed by atoms with van der Waals surface area (Å²) in [5.41, 5.74) is 6.96. The number of anilines is 6. The van der Waals surface area contributed by atoms with Crippen LogP contribution in [0.15, 0.2) is 91.4 Å². The summed E-state index contributed by atoms with van der Waals surface area (Å²) in [5.74, 6) is 0.228. The molecule has 5 aromatic rings. The Bertz CT molecular complexity index is 1650. The Morgan fingerprint density at radius 2 is 1.68 bits per heavy atom. The quantitative estimate of drug-likeness (QED) is 0.238. The Balaban J connectivity index is 1.15. The van der Waals surface area contributed by atoms with E-state index < -0.39 is 0 Å². The van der Waals surface area contributed by atoms with Crippen LogP contribution in [0.25, 0.3) is 10.9 Å². The third kappa shape index (κ3) is 5.84. The van der Waals surface area contributed by atoms with Gasteiger partial charge in [0.05, 0.1) is 30.6 Å². The Hall–Kier alpha value is -5.02. The summed E-state index contributed by atoms with van der Waals surface area (Å²) in [6, 6.07) is 23.1. The van der Waals surface area contributed by atoms with Gasteiger partial charge in [0.15, 0.2) is 0 Å². The Morgan fingerprint density at radius 3 is 2.50 bits per heavy atom. The van der Waals surface area contributed by atoms with Crippen LogP contribution in [0.4, 0.5) is 34.3 Å². The summed E-state index contributed by atoms with van der Waals surface area (Å²) in [5, 5.41) is 10.7. The molecule has 1 aliphatic rings. The number of morpholine rings is 1. The highest BCUT2D eigenvalue weighted by Gasteiger charge is 2.14. The number of rotatable bonds is 7. The fourth-order valence-corrected chi connectivity index (χ4v) is 4.68. The van der Waals surface area contributed by atoms with Crippen molar-refractivity contribution >= 4 is 51.1 Å². The Kier molecular flexibility index (Phi) is 7.19. The molecular weight excluding hydrogens is 502 g/mol. The van der Waals surface area contributed by atoms with E-state index in [4.69, 9.17) is 4.74 Å². The molecule has 0 atom stereocenters. The molecule has 4 heterocycles. The van der Waals surface area contributed by atoms with E-state index in [0.717, 1.165) is 71.3 Å². The number of fused-ring (bicyclic) bond motifs is 1. The van der Waals surface area contributed by atoms with E-state index in [9.17, 15) is 4.79 Å². The lowest BCUT2D eigenvalue weighted by molar-refractivity contribution is 0.102. The standard InChI is InChI=1S/C31H29N7O2/c1-21-17-24(9-11-32-21)35-25-5-8-30(34-20-25)37-31(39)22-3-2-4-23(18-22)36-29-10-12-33-28-7-6-26(19-27(28)29)38-13-15-40-16-14-38/h2-12,17-20H,13-16H2,1H3,(H,32,35)(H,33,36)(H,34,37,39). The van der Waals surface area contributed by atoms with Crippen molar-refractivity contribution in [3.05, 3.63) is 103 Å². The zero-order valence-corrected chi connectivity index (χ0v) is 22.1. The average Bonchev–Trinajstić information content (AvgIpc) is 2.99. The number of carbonyl (C=O) groups is 1. The lowest BCUT2D eigenvalue weighted by atomic mass is 10.1. The van der Waals surface area contributed by atoms with Crippen molar-refractivity contribution in [2.75, 3.05) is 47.2 Å². The zero-order chi connectivity index (χ0) is 27.3. The number of hydrogen-bond donors (Lipinski definition) is 3. The van der Waals surface area contributed by atoms with Crippen LogP contribution in [0.2, 0.25) is 0 Å². The van der Waals surface area contributed by atoms with E-state index in [1.54, 1.807) is 30.7 Å². The van der Waals surface area contributed by atoms with Crippen molar-refractivity contribution in [3.8, 4) is 0 Å². The summed E-state index contributed by atoms with van der Waals surface area (Å²) < 4.78 is 5.50. The first-order chi connectivity index (χ1) is 19.6. The van der Waals surface area contributed by atoms with Crippen LogP contribution in [0.1, 0.15) is 16.1 Å². The third-order valence-corrected chi connectivity index (χ3v) is 6.70. The highest BCUT2D eigenvalue weighted by atomic mass is 16.5. The molecule has 1 fully saturated rings. The zero-order valence-electron chi connectivity index (χ0n) is 22.1. The molecule has 0 spiro atoms. The van der Waals surface area contributed by atoms with E-state index >= 15 is 0 Å². The summed E-state index contributed by atoms with van der Waals surface area (Å²) >= 11 is 0. The molecule has 40 heavy (non-hydrogen) atoms. The summed E-state index contributed by atoms with van der Waals surface area (Å²) in [6.45, 7) is 5.13. The predicted octanol–water partition coefficient (Wildman–Crippen LogP) is 5.91. The minimum atomic E-state index is -0.240. The first-order valence-corrected chi connectivity index (χ1v) is 13.2. The Morgan fingerprint density at radius 1 is 0.825 bits per heavy atom. The number of ether oxygens (including phenoxy) is 1. The highest BCUT2D eigenvalue weighted by molar-refractivity contribution is 6.04. The molecular formula is C31H29N7O2. The number of aryl methyl sites for hydroxylation is 1. The van der Waals surface area contributed by atoms with E-state index in [2.05, 4.69) is 47.9 Å². The monoisotopic (exact) mass is 531 g/mol. The molecule has 0 saturated carbocycles. The molecule has 200 valence electrons. The summed E-state index contributed by atoms with van der Waals surface area (Å²) in [7, 11) is 0. The Labute approximate surface area is 232 Å². The topological polar surface area (TPSA) is 104 Å². The van der Waals surface area contributed by atoms with Gasteiger partial charge in [-0.3, -0.25) is 14.8 Å². The molecule has 1 aliphatic heterocycles. The second-order valence-electron chi connectivity index (χ2n) is 9.56. The molecule has 1 amide bonds. The van der Waals surface area contributed by atoms with Crippen molar-refractivity contribution in [1.29, 1.82) is 0 Å². The fourth-order valence-electron chi connectivity index (χ4n) is 4.68. The molecule has 2 aromatic carbocycles. The lowest BCUT2D eigenvalue weighted by Crippen LogP contribution is -2.36. The molecule has 3 N–H and O–H groups in total. The predicted molar refractivity (Wildman–Crippen MR) is 159 cm³/mol. The van der Waals surface area contributed by atoms with Crippen molar-refractivity contribution in [1.82, 2.24) is 15.0 Å². The summed E-state index contributed by atoms with van der Waals surface area (Å²) in [6.07, 6.45) is 5.22. The number of pyridine rings is 3. The van der Waals surface area contributed by atoms with Crippen molar-refractivity contribution in [2.24, 2.45) is 0 Å². The molecule has 1 saturated heterocycles. The highest BCUT2D eigenvalue weighted by Crippen LogP contribution is 2.30. The third-order valence-electron chi connectivity index (χ3n) is 6.70. The van der Waals surface area contributed by atoms with Gasteiger partial charge in [0, 0.05) is 64.9 Å². The van der Waals surface area contributed by atoms with Gasteiger partial charge in [-0.15, -0.1) is 0 Å². The maximum absolute atomic E-state index is 13.0. The maximum atomic E-state index is 13.0. The van der Waals surface area contributed by atoms with Crippen LogP contribution in [0, 0.1) is 6.92 Å². The van der Waals surface area contributed by atoms with Crippen LogP contribution in [0.3, 0.4) is 0 Å². The lowest BCUT2D eigenvalue weighted by Gasteiger charge is -2.29. The fraction of sp³-hybridized carbons (Fsp3) is 0.161. The van der Waals surface area contributed by atoms with E-state index in [1.165, 1.54) is 0 Å². The van der Waals surface area contributed by atoms with Crippen LogP contribution < -0.4 is 20.9 Å². The van der Waals surface area contributed by atoms with E-state index in [0.29, 0.717) is 11.4 Å². The van der Waals surface area contributed by atoms with Gasteiger partial charge in [0.2, 0.25) is 0 Å². The molecule has 9 heteroatoms. The van der Waals surface area contributed by atoms with Gasteiger partial charge < -0.3 is 25.6 Å². The van der Waals surface area contributed by atoms with Crippen molar-refractivity contribution in [3.63, 3.8) is 0 Å². The number of amides is 1. The van der Waals surface area contributed by atoms with E-state index in [1.807, 2.05) is 55.5 Å². The first kappa shape index (κ1) is 25.3. The molecule has 3 aromatic heterocycles. The van der Waals surface area contributed by atoms with Gasteiger partial charge in [-0.2, -0.15) is 0 Å². The second kappa shape index (κ2) is 11.4. The van der Waals surface area contributed by atoms with Gasteiger partial charge in [-0.05, 0) is 73.7 Å². The van der Waals surface area contributed by atoms with Gasteiger partial charge in [0.1, 0.15) is 5.82 Å². The van der Waals surface area contributed by atoms with Crippen LogP contribution >= 0.6 is 0 Å². The number of carbonyl (C=O) groups excluding carboxylic acids is 1. The second-order valence-corrected chi connectivity index (χ2v) is 9.56.